The number of aliphatic hydroxyl groups excluding tert-OH is 1. The number of guanidine groups is 1. The van der Waals surface area contributed by atoms with Crippen molar-refractivity contribution < 1.29 is 5.11 Å². The second-order valence-electron chi connectivity index (χ2n) is 8.43. The molecule has 0 atom stereocenters. The summed E-state index contributed by atoms with van der Waals surface area (Å²) < 4.78 is 0. The summed E-state index contributed by atoms with van der Waals surface area (Å²) in [5.41, 5.74) is 5.44. The molecular weight excluding hydrogens is 499 g/mol. The lowest BCUT2D eigenvalue weighted by molar-refractivity contribution is 0.0792. The fraction of sp³-hybridized carbons (Fsp3) is 0.480. The molecule has 168 valence electrons. The van der Waals surface area contributed by atoms with Gasteiger partial charge in [0.1, 0.15) is 0 Å². The SMILES string of the molecule is CCNC(=NCc1ccc(CN2CCC(O)CC2)cc1)N1CCc2ccccc2C1.I. The van der Waals surface area contributed by atoms with E-state index < -0.39 is 0 Å². The predicted molar refractivity (Wildman–Crippen MR) is 138 cm³/mol. The van der Waals surface area contributed by atoms with Gasteiger partial charge >= 0.3 is 0 Å². The van der Waals surface area contributed by atoms with Gasteiger partial charge in [-0.3, -0.25) is 4.90 Å². The molecule has 2 aliphatic rings. The number of likely N-dealkylation sites (tertiary alicyclic amines) is 1. The zero-order chi connectivity index (χ0) is 20.8. The fourth-order valence-electron chi connectivity index (χ4n) is 4.35. The molecule has 2 aromatic rings. The maximum atomic E-state index is 9.67. The molecule has 0 radical (unpaired) electrons. The molecule has 0 aliphatic carbocycles. The molecule has 2 aromatic carbocycles. The van der Waals surface area contributed by atoms with Crippen LogP contribution in [0, 0.1) is 0 Å². The van der Waals surface area contributed by atoms with E-state index in [1.54, 1.807) is 0 Å². The highest BCUT2D eigenvalue weighted by Gasteiger charge is 2.19. The Morgan fingerprint density at radius 1 is 1.00 bits per heavy atom. The van der Waals surface area contributed by atoms with Gasteiger partial charge in [-0.2, -0.15) is 0 Å². The molecule has 0 unspecified atom stereocenters. The lowest BCUT2D eigenvalue weighted by Crippen LogP contribution is -2.44. The largest absolute Gasteiger partial charge is 0.393 e. The fourth-order valence-corrected chi connectivity index (χ4v) is 4.35. The first kappa shape index (κ1) is 24.0. The van der Waals surface area contributed by atoms with E-state index in [0.717, 1.165) is 64.5 Å². The van der Waals surface area contributed by atoms with Crippen LogP contribution in [0.15, 0.2) is 53.5 Å². The standard InChI is InChI=1S/C25H34N4O.HI/c1-2-26-25(29-16-11-22-5-3-4-6-23(22)19-29)27-17-20-7-9-21(10-8-20)18-28-14-12-24(30)13-15-28;/h3-10,24,30H,2,11-19H2,1H3,(H,26,27);1H. The second kappa shape index (κ2) is 11.8. The molecule has 0 bridgehead atoms. The number of nitrogens with zero attached hydrogens (tertiary/aromatic N) is 3. The van der Waals surface area contributed by atoms with E-state index in [1.807, 2.05) is 0 Å². The number of aliphatic imine (C=N–C) groups is 1. The zero-order valence-electron chi connectivity index (χ0n) is 18.5. The van der Waals surface area contributed by atoms with Crippen LogP contribution in [-0.4, -0.2) is 53.1 Å². The highest BCUT2D eigenvalue weighted by Crippen LogP contribution is 2.19. The smallest absolute Gasteiger partial charge is 0.194 e. The van der Waals surface area contributed by atoms with Crippen LogP contribution < -0.4 is 5.32 Å². The van der Waals surface area contributed by atoms with E-state index in [9.17, 15) is 5.11 Å². The van der Waals surface area contributed by atoms with Gasteiger partial charge < -0.3 is 15.3 Å². The Kier molecular flexibility index (Phi) is 9.16. The molecule has 0 saturated carbocycles. The molecule has 2 heterocycles. The Hall–Kier alpha value is -1.64. The van der Waals surface area contributed by atoms with Gasteiger partial charge in [0.2, 0.25) is 0 Å². The molecule has 0 amide bonds. The van der Waals surface area contributed by atoms with Crippen LogP contribution in [0.25, 0.3) is 0 Å². The van der Waals surface area contributed by atoms with Crippen molar-refractivity contribution in [1.82, 2.24) is 15.1 Å². The Morgan fingerprint density at radius 2 is 1.68 bits per heavy atom. The monoisotopic (exact) mass is 534 g/mol. The normalized spacial score (nSPS) is 17.7. The van der Waals surface area contributed by atoms with E-state index in [2.05, 4.69) is 70.6 Å². The van der Waals surface area contributed by atoms with Crippen LogP contribution in [-0.2, 0) is 26.1 Å². The van der Waals surface area contributed by atoms with Crippen LogP contribution in [0.3, 0.4) is 0 Å². The third kappa shape index (κ3) is 6.67. The van der Waals surface area contributed by atoms with Crippen LogP contribution in [0.5, 0.6) is 0 Å². The lowest BCUT2D eigenvalue weighted by atomic mass is 10.0. The average Bonchev–Trinajstić information content (AvgIpc) is 2.79. The Bertz CT molecular complexity index is 847. The van der Waals surface area contributed by atoms with Crippen LogP contribution in [0.4, 0.5) is 0 Å². The first-order valence-electron chi connectivity index (χ1n) is 11.3. The summed E-state index contributed by atoms with van der Waals surface area (Å²) >= 11 is 0. The minimum atomic E-state index is -0.110. The number of rotatable bonds is 5. The van der Waals surface area contributed by atoms with Crippen molar-refractivity contribution in [3.63, 3.8) is 0 Å². The maximum Gasteiger partial charge on any atom is 0.194 e. The third-order valence-corrected chi connectivity index (χ3v) is 6.16. The van der Waals surface area contributed by atoms with Gasteiger partial charge in [-0.05, 0) is 48.4 Å². The van der Waals surface area contributed by atoms with E-state index in [4.69, 9.17) is 4.99 Å². The number of fused-ring (bicyclic) bond motifs is 1. The topological polar surface area (TPSA) is 51.1 Å². The summed E-state index contributed by atoms with van der Waals surface area (Å²) in [7, 11) is 0. The third-order valence-electron chi connectivity index (χ3n) is 6.16. The van der Waals surface area contributed by atoms with Crippen molar-refractivity contribution >= 4 is 29.9 Å². The number of piperidine rings is 1. The number of nitrogens with one attached hydrogen (secondary N) is 1. The molecular formula is C25H35IN4O. The summed E-state index contributed by atoms with van der Waals surface area (Å²) in [5, 5.41) is 13.1. The molecule has 1 saturated heterocycles. The number of benzene rings is 2. The van der Waals surface area contributed by atoms with Gasteiger partial charge in [-0.1, -0.05) is 48.5 Å². The number of aliphatic hydroxyl groups is 1. The minimum Gasteiger partial charge on any atom is -0.393 e. The summed E-state index contributed by atoms with van der Waals surface area (Å²) in [5.74, 6) is 1.00. The van der Waals surface area contributed by atoms with Crippen LogP contribution in [0.1, 0.15) is 42.0 Å². The van der Waals surface area contributed by atoms with Gasteiger partial charge in [0, 0.05) is 39.3 Å². The van der Waals surface area contributed by atoms with Crippen molar-refractivity contribution in [2.24, 2.45) is 4.99 Å². The molecule has 0 spiro atoms. The first-order valence-corrected chi connectivity index (χ1v) is 11.3. The summed E-state index contributed by atoms with van der Waals surface area (Å²) in [6, 6.07) is 17.6. The molecule has 0 aromatic heterocycles. The molecule has 4 rings (SSSR count). The van der Waals surface area contributed by atoms with Crippen molar-refractivity contribution in [1.29, 1.82) is 0 Å². The maximum absolute atomic E-state index is 9.67. The number of halogens is 1. The molecule has 5 nitrogen and oxygen atoms in total. The van der Waals surface area contributed by atoms with E-state index >= 15 is 0 Å². The minimum absolute atomic E-state index is 0. The van der Waals surface area contributed by atoms with E-state index in [1.165, 1.54) is 22.3 Å². The van der Waals surface area contributed by atoms with Gasteiger partial charge in [0.15, 0.2) is 5.96 Å². The molecule has 2 aliphatic heterocycles. The summed E-state index contributed by atoms with van der Waals surface area (Å²) in [4.78, 5) is 9.72. The molecule has 31 heavy (non-hydrogen) atoms. The van der Waals surface area contributed by atoms with E-state index in [0.29, 0.717) is 6.54 Å². The second-order valence-corrected chi connectivity index (χ2v) is 8.43. The van der Waals surface area contributed by atoms with Gasteiger partial charge in [-0.25, -0.2) is 4.99 Å². The first-order chi connectivity index (χ1) is 14.7. The molecule has 6 heteroatoms. The Balaban J connectivity index is 0.00000272. The predicted octanol–water partition coefficient (Wildman–Crippen LogP) is 3.79. The van der Waals surface area contributed by atoms with Crippen molar-refractivity contribution in [2.45, 2.75) is 51.9 Å². The Labute approximate surface area is 203 Å². The van der Waals surface area contributed by atoms with Gasteiger partial charge in [0.25, 0.3) is 0 Å². The highest BCUT2D eigenvalue weighted by molar-refractivity contribution is 14.0. The van der Waals surface area contributed by atoms with Crippen molar-refractivity contribution in [3.8, 4) is 0 Å². The van der Waals surface area contributed by atoms with E-state index in [-0.39, 0.29) is 30.1 Å². The van der Waals surface area contributed by atoms with Crippen molar-refractivity contribution in [3.05, 3.63) is 70.8 Å². The average molecular weight is 534 g/mol. The summed E-state index contributed by atoms with van der Waals surface area (Å²) in [6.45, 7) is 8.55. The lowest BCUT2D eigenvalue weighted by Gasteiger charge is -2.31. The van der Waals surface area contributed by atoms with Crippen LogP contribution in [0.2, 0.25) is 0 Å². The highest BCUT2D eigenvalue weighted by atomic mass is 127. The quantitative estimate of drug-likeness (QED) is 0.349. The van der Waals surface area contributed by atoms with Crippen molar-refractivity contribution in [2.75, 3.05) is 26.2 Å². The Morgan fingerprint density at radius 3 is 2.39 bits per heavy atom. The molecule has 2 N–H and O–H groups in total. The molecule has 1 fully saturated rings. The number of hydrogen-bond donors (Lipinski definition) is 2. The number of hydrogen-bond acceptors (Lipinski definition) is 3. The van der Waals surface area contributed by atoms with Crippen LogP contribution >= 0.6 is 24.0 Å². The summed E-state index contributed by atoms with van der Waals surface area (Å²) in [6.07, 6.45) is 2.74. The van der Waals surface area contributed by atoms with Gasteiger partial charge in [-0.15, -0.1) is 24.0 Å². The van der Waals surface area contributed by atoms with Gasteiger partial charge in [0.05, 0.1) is 12.6 Å². The zero-order valence-corrected chi connectivity index (χ0v) is 20.8.